The fraction of sp³-hybridized carbons (Fsp3) is 0.533. The summed E-state index contributed by atoms with van der Waals surface area (Å²) in [6.45, 7) is 6.81. The lowest BCUT2D eigenvalue weighted by atomic mass is 10.1. The third-order valence-electron chi connectivity index (χ3n) is 3.51. The van der Waals surface area contributed by atoms with Crippen molar-refractivity contribution in [1.82, 2.24) is 0 Å². The summed E-state index contributed by atoms with van der Waals surface area (Å²) < 4.78 is 28.3. The van der Waals surface area contributed by atoms with E-state index >= 15 is 0 Å². The van der Waals surface area contributed by atoms with E-state index in [2.05, 4.69) is 6.92 Å². The van der Waals surface area contributed by atoms with Crippen LogP contribution in [0.15, 0.2) is 12.1 Å². The summed E-state index contributed by atoms with van der Waals surface area (Å²) in [4.78, 5) is 1.78. The van der Waals surface area contributed by atoms with E-state index in [4.69, 9.17) is 18.0 Å². The molecule has 0 aliphatic rings. The van der Waals surface area contributed by atoms with Crippen LogP contribution >= 0.6 is 12.2 Å². The predicted octanol–water partition coefficient (Wildman–Crippen LogP) is 4.00. The zero-order valence-electron chi connectivity index (χ0n) is 12.2. The third kappa shape index (κ3) is 3.66. The van der Waals surface area contributed by atoms with Gasteiger partial charge in [-0.15, -0.1) is 0 Å². The quantitative estimate of drug-likeness (QED) is 0.772. The molecule has 0 bridgehead atoms. The number of anilines is 1. The maximum absolute atomic E-state index is 14.3. The number of hydrogen-bond donors (Lipinski definition) is 1. The molecule has 0 aromatic heterocycles. The molecule has 112 valence electrons. The van der Waals surface area contributed by atoms with Gasteiger partial charge in [0.15, 0.2) is 11.6 Å². The summed E-state index contributed by atoms with van der Waals surface area (Å²) in [6.07, 6.45) is 2.80. The van der Waals surface area contributed by atoms with Gasteiger partial charge in [-0.1, -0.05) is 32.5 Å². The number of unbranched alkanes of at least 4 members (excludes halogenated alkanes) is 1. The first-order valence-corrected chi connectivity index (χ1v) is 7.39. The average Bonchev–Trinajstić information content (AvgIpc) is 2.42. The van der Waals surface area contributed by atoms with Gasteiger partial charge in [0.25, 0.3) is 0 Å². The lowest BCUT2D eigenvalue weighted by Crippen LogP contribution is -2.34. The highest BCUT2D eigenvalue weighted by Gasteiger charge is 2.21. The summed E-state index contributed by atoms with van der Waals surface area (Å²) in [6, 6.07) is 3.16. The van der Waals surface area contributed by atoms with Crippen molar-refractivity contribution >= 4 is 22.9 Å². The van der Waals surface area contributed by atoms with Crippen molar-refractivity contribution in [3.63, 3.8) is 0 Å². The van der Waals surface area contributed by atoms with E-state index in [0.717, 1.165) is 19.3 Å². The molecule has 1 aromatic rings. The number of benzene rings is 1. The Kier molecular flexibility index (Phi) is 6.33. The Morgan fingerprint density at radius 3 is 2.45 bits per heavy atom. The Morgan fingerprint density at radius 2 is 1.95 bits per heavy atom. The molecule has 20 heavy (non-hydrogen) atoms. The van der Waals surface area contributed by atoms with Gasteiger partial charge in [0, 0.05) is 18.2 Å². The van der Waals surface area contributed by atoms with Crippen LogP contribution in [-0.4, -0.2) is 17.6 Å². The van der Waals surface area contributed by atoms with Gasteiger partial charge in [0.2, 0.25) is 0 Å². The SMILES string of the molecule is CCCCN(c1ccc(C(N)=S)c(F)c1F)C(C)CC. The summed E-state index contributed by atoms with van der Waals surface area (Å²) in [5, 5.41) is 0. The zero-order valence-corrected chi connectivity index (χ0v) is 13.1. The van der Waals surface area contributed by atoms with Crippen LogP contribution in [0.3, 0.4) is 0 Å². The molecule has 1 aromatic carbocycles. The fourth-order valence-corrected chi connectivity index (χ4v) is 2.24. The maximum Gasteiger partial charge on any atom is 0.182 e. The first-order chi connectivity index (χ1) is 9.43. The minimum absolute atomic E-state index is 0.0409. The van der Waals surface area contributed by atoms with E-state index in [1.165, 1.54) is 6.07 Å². The van der Waals surface area contributed by atoms with Crippen LogP contribution in [0.25, 0.3) is 0 Å². The Balaban J connectivity index is 3.20. The lowest BCUT2D eigenvalue weighted by molar-refractivity contribution is 0.495. The van der Waals surface area contributed by atoms with Crippen LogP contribution in [0.4, 0.5) is 14.5 Å². The summed E-state index contributed by atoms with van der Waals surface area (Å²) in [7, 11) is 0. The van der Waals surface area contributed by atoms with Gasteiger partial charge in [-0.25, -0.2) is 8.78 Å². The van der Waals surface area contributed by atoms with Crippen molar-refractivity contribution in [2.75, 3.05) is 11.4 Å². The Hall–Kier alpha value is -1.23. The van der Waals surface area contributed by atoms with Gasteiger partial charge in [0.1, 0.15) is 4.99 Å². The van der Waals surface area contributed by atoms with E-state index in [9.17, 15) is 8.78 Å². The summed E-state index contributed by atoms with van der Waals surface area (Å²) in [5.74, 6) is -1.83. The first-order valence-electron chi connectivity index (χ1n) is 6.98. The summed E-state index contributed by atoms with van der Waals surface area (Å²) >= 11 is 4.72. The maximum atomic E-state index is 14.3. The molecule has 0 aliphatic heterocycles. The number of thiocarbonyl (C=S) groups is 1. The van der Waals surface area contributed by atoms with Crippen molar-refractivity contribution in [2.45, 2.75) is 46.1 Å². The molecule has 1 unspecified atom stereocenters. The molecule has 5 heteroatoms. The average molecular weight is 300 g/mol. The largest absolute Gasteiger partial charge is 0.389 e. The normalized spacial score (nSPS) is 12.2. The molecule has 0 spiro atoms. The van der Waals surface area contributed by atoms with Crippen molar-refractivity contribution in [2.24, 2.45) is 5.73 Å². The highest BCUT2D eigenvalue weighted by atomic mass is 32.1. The molecule has 1 atom stereocenters. The standard InChI is InChI=1S/C15H22F2N2S/c1-4-6-9-19(10(3)5-2)12-8-7-11(15(18)20)13(16)14(12)17/h7-8,10H,4-6,9H2,1-3H3,(H2,18,20). The van der Waals surface area contributed by atoms with Gasteiger partial charge < -0.3 is 10.6 Å². The van der Waals surface area contributed by atoms with Crippen molar-refractivity contribution in [3.05, 3.63) is 29.3 Å². The minimum Gasteiger partial charge on any atom is -0.389 e. The lowest BCUT2D eigenvalue weighted by Gasteiger charge is -2.31. The van der Waals surface area contributed by atoms with Gasteiger partial charge in [-0.05, 0) is 31.9 Å². The Labute approximate surface area is 125 Å². The summed E-state index contributed by atoms with van der Waals surface area (Å²) in [5.41, 5.74) is 5.63. The van der Waals surface area contributed by atoms with Crippen molar-refractivity contribution in [3.8, 4) is 0 Å². The van der Waals surface area contributed by atoms with Crippen LogP contribution in [-0.2, 0) is 0 Å². The second-order valence-electron chi connectivity index (χ2n) is 4.93. The fourth-order valence-electron chi connectivity index (χ4n) is 2.08. The minimum atomic E-state index is -0.959. The van der Waals surface area contributed by atoms with Gasteiger partial charge in [-0.2, -0.15) is 0 Å². The Morgan fingerprint density at radius 1 is 1.30 bits per heavy atom. The molecular formula is C15H22F2N2S. The van der Waals surface area contributed by atoms with Gasteiger partial charge >= 0.3 is 0 Å². The first kappa shape index (κ1) is 16.8. The molecule has 0 heterocycles. The van der Waals surface area contributed by atoms with Crippen LogP contribution in [0.1, 0.15) is 45.6 Å². The van der Waals surface area contributed by atoms with Gasteiger partial charge in [-0.3, -0.25) is 0 Å². The van der Waals surface area contributed by atoms with E-state index in [0.29, 0.717) is 6.54 Å². The van der Waals surface area contributed by atoms with Gasteiger partial charge in [0.05, 0.1) is 5.69 Å². The molecule has 2 nitrogen and oxygen atoms in total. The molecule has 2 N–H and O–H groups in total. The molecule has 1 rings (SSSR count). The van der Waals surface area contributed by atoms with E-state index < -0.39 is 11.6 Å². The van der Waals surface area contributed by atoms with Crippen LogP contribution in [0.2, 0.25) is 0 Å². The van der Waals surface area contributed by atoms with Crippen molar-refractivity contribution < 1.29 is 8.78 Å². The molecule has 0 saturated heterocycles. The second-order valence-corrected chi connectivity index (χ2v) is 5.37. The molecule has 0 fully saturated rings. The van der Waals surface area contributed by atoms with E-state index in [-0.39, 0.29) is 22.3 Å². The number of rotatable bonds is 7. The molecule has 0 amide bonds. The van der Waals surface area contributed by atoms with Crippen molar-refractivity contribution in [1.29, 1.82) is 0 Å². The highest BCUT2D eigenvalue weighted by molar-refractivity contribution is 7.80. The predicted molar refractivity (Wildman–Crippen MR) is 84.3 cm³/mol. The Bertz CT molecular complexity index is 477. The number of nitrogens with zero attached hydrogens (tertiary/aromatic N) is 1. The van der Waals surface area contributed by atoms with Crippen LogP contribution in [0, 0.1) is 11.6 Å². The molecule has 0 saturated carbocycles. The monoisotopic (exact) mass is 300 g/mol. The number of nitrogens with two attached hydrogens (primary N) is 1. The smallest absolute Gasteiger partial charge is 0.182 e. The third-order valence-corrected chi connectivity index (χ3v) is 3.73. The highest BCUT2D eigenvalue weighted by Crippen LogP contribution is 2.27. The van der Waals surface area contributed by atoms with E-state index in [1.54, 1.807) is 6.07 Å². The van der Waals surface area contributed by atoms with Crippen LogP contribution in [0.5, 0.6) is 0 Å². The van der Waals surface area contributed by atoms with E-state index in [1.807, 2.05) is 18.7 Å². The van der Waals surface area contributed by atoms with Crippen LogP contribution < -0.4 is 10.6 Å². The number of halogens is 2. The molecular weight excluding hydrogens is 278 g/mol. The molecule has 0 aliphatic carbocycles. The second kappa shape index (κ2) is 7.53. The zero-order chi connectivity index (χ0) is 15.3. The number of hydrogen-bond acceptors (Lipinski definition) is 2. The molecule has 0 radical (unpaired) electrons. The topological polar surface area (TPSA) is 29.3 Å².